The summed E-state index contributed by atoms with van der Waals surface area (Å²) in [6.45, 7) is 3.48. The van der Waals surface area contributed by atoms with Gasteiger partial charge >= 0.3 is 5.97 Å². The van der Waals surface area contributed by atoms with Crippen molar-refractivity contribution in [1.29, 1.82) is 0 Å². The molecule has 2 aliphatic rings. The average Bonchev–Trinajstić information content (AvgIpc) is 3.39. The van der Waals surface area contributed by atoms with Crippen LogP contribution in [-0.2, 0) is 27.1 Å². The van der Waals surface area contributed by atoms with E-state index in [9.17, 15) is 4.79 Å². The number of nitrogens with zero attached hydrogens (tertiary/aromatic N) is 3. The van der Waals surface area contributed by atoms with E-state index in [1.807, 2.05) is 35.0 Å². The highest BCUT2D eigenvalue weighted by Gasteiger charge is 2.27. The number of pyridine rings is 1. The highest BCUT2D eigenvalue weighted by Crippen LogP contribution is 2.30. The van der Waals surface area contributed by atoms with Crippen LogP contribution in [0.3, 0.4) is 0 Å². The molecule has 184 valence electrons. The van der Waals surface area contributed by atoms with Crippen molar-refractivity contribution in [3.63, 3.8) is 0 Å². The Morgan fingerprint density at radius 3 is 2.91 bits per heavy atom. The molecule has 0 bridgehead atoms. The molecule has 8 heteroatoms. The molecule has 0 amide bonds. The summed E-state index contributed by atoms with van der Waals surface area (Å²) in [6.07, 6.45) is 8.42. The van der Waals surface area contributed by atoms with Gasteiger partial charge in [-0.05, 0) is 74.4 Å². The van der Waals surface area contributed by atoms with Gasteiger partial charge in [-0.25, -0.2) is 9.48 Å². The molecule has 1 fully saturated rings. The molecule has 0 aliphatic carbocycles. The zero-order valence-electron chi connectivity index (χ0n) is 20.0. The molecule has 1 aromatic carbocycles. The molecule has 35 heavy (non-hydrogen) atoms. The van der Waals surface area contributed by atoms with E-state index in [0.29, 0.717) is 19.6 Å². The Kier molecular flexibility index (Phi) is 7.28. The number of aryl methyl sites for hydroxylation is 1. The Morgan fingerprint density at radius 2 is 2.11 bits per heavy atom. The lowest BCUT2D eigenvalue weighted by molar-refractivity contribution is -0.152. The third-order valence-electron chi connectivity index (χ3n) is 6.38. The second-order valence-corrected chi connectivity index (χ2v) is 8.80. The molecule has 2 unspecified atom stereocenters. The molecule has 2 aliphatic heterocycles. The van der Waals surface area contributed by atoms with Gasteiger partial charge in [0.2, 0.25) is 0 Å². The summed E-state index contributed by atoms with van der Waals surface area (Å²) in [4.78, 5) is 16.5. The van der Waals surface area contributed by atoms with Crippen LogP contribution < -0.4 is 9.47 Å². The molecule has 0 N–H and O–H groups in total. The van der Waals surface area contributed by atoms with Gasteiger partial charge in [-0.3, -0.25) is 4.98 Å². The average molecular weight is 478 g/mol. The number of hydrogen-bond acceptors (Lipinski definition) is 7. The van der Waals surface area contributed by atoms with Gasteiger partial charge in [0.25, 0.3) is 0 Å². The van der Waals surface area contributed by atoms with Crippen molar-refractivity contribution in [3.8, 4) is 22.9 Å². The molecule has 3 aromatic rings. The van der Waals surface area contributed by atoms with Crippen LogP contribution in [0.1, 0.15) is 50.0 Å². The molecule has 8 nitrogen and oxygen atoms in total. The Balaban J connectivity index is 1.15. The lowest BCUT2D eigenvalue weighted by Gasteiger charge is -2.25. The molecular formula is C27H31N3O5. The fourth-order valence-corrected chi connectivity index (χ4v) is 4.57. The Bertz CT molecular complexity index is 1140. The van der Waals surface area contributed by atoms with Crippen LogP contribution in [0.4, 0.5) is 0 Å². The summed E-state index contributed by atoms with van der Waals surface area (Å²) in [6, 6.07) is 12.0. The van der Waals surface area contributed by atoms with E-state index in [1.165, 1.54) is 5.56 Å². The van der Waals surface area contributed by atoms with E-state index in [1.54, 1.807) is 19.3 Å². The summed E-state index contributed by atoms with van der Waals surface area (Å²) >= 11 is 0. The number of benzene rings is 1. The van der Waals surface area contributed by atoms with Crippen LogP contribution in [0, 0.1) is 0 Å². The van der Waals surface area contributed by atoms with Crippen molar-refractivity contribution in [2.75, 3.05) is 19.8 Å². The number of fused-ring (bicyclic) bond motifs is 1. The highest BCUT2D eigenvalue weighted by atomic mass is 16.6. The van der Waals surface area contributed by atoms with Gasteiger partial charge in [-0.1, -0.05) is 12.1 Å². The highest BCUT2D eigenvalue weighted by molar-refractivity contribution is 5.75. The Morgan fingerprint density at radius 1 is 1.17 bits per heavy atom. The number of hydrogen-bond donors (Lipinski definition) is 0. The molecule has 0 spiro atoms. The normalized spacial score (nSPS) is 19.5. The lowest BCUT2D eigenvalue weighted by atomic mass is 9.99. The van der Waals surface area contributed by atoms with E-state index in [4.69, 9.17) is 18.9 Å². The predicted octanol–water partition coefficient (Wildman–Crippen LogP) is 4.52. The minimum absolute atomic E-state index is 0.0236. The molecule has 0 radical (unpaired) electrons. The van der Waals surface area contributed by atoms with Gasteiger partial charge in [0, 0.05) is 19.2 Å². The Labute approximate surface area is 205 Å². The van der Waals surface area contributed by atoms with Crippen molar-refractivity contribution in [2.45, 2.75) is 57.8 Å². The smallest absolute Gasteiger partial charge is 0.347 e. The summed E-state index contributed by atoms with van der Waals surface area (Å²) < 4.78 is 24.7. The van der Waals surface area contributed by atoms with Gasteiger partial charge in [0.1, 0.15) is 11.5 Å². The van der Waals surface area contributed by atoms with Gasteiger partial charge < -0.3 is 18.9 Å². The quantitative estimate of drug-likeness (QED) is 0.441. The van der Waals surface area contributed by atoms with Gasteiger partial charge in [-0.15, -0.1) is 0 Å². The zero-order valence-corrected chi connectivity index (χ0v) is 20.0. The molecule has 0 saturated carbocycles. The summed E-state index contributed by atoms with van der Waals surface area (Å²) in [5.41, 5.74) is 4.08. The Hall–Kier alpha value is -3.39. The maximum Gasteiger partial charge on any atom is 0.347 e. The fourth-order valence-electron chi connectivity index (χ4n) is 4.57. The monoisotopic (exact) mass is 477 g/mol. The van der Waals surface area contributed by atoms with Gasteiger partial charge in [0.15, 0.2) is 12.3 Å². The molecule has 5 rings (SSSR count). The van der Waals surface area contributed by atoms with E-state index >= 15 is 0 Å². The fraction of sp³-hybridized carbons (Fsp3) is 0.444. The minimum atomic E-state index is -0.513. The minimum Gasteiger partial charge on any atom is -0.492 e. The summed E-state index contributed by atoms with van der Waals surface area (Å²) in [5, 5.41) is 4.46. The van der Waals surface area contributed by atoms with E-state index < -0.39 is 6.10 Å². The van der Waals surface area contributed by atoms with Crippen molar-refractivity contribution >= 4 is 5.97 Å². The first-order chi connectivity index (χ1) is 17.2. The van der Waals surface area contributed by atoms with Crippen LogP contribution in [0.15, 0.2) is 48.8 Å². The summed E-state index contributed by atoms with van der Waals surface area (Å²) in [5.74, 6) is 1.20. The van der Waals surface area contributed by atoms with Crippen LogP contribution in [0.5, 0.6) is 11.5 Å². The third-order valence-corrected chi connectivity index (χ3v) is 6.38. The van der Waals surface area contributed by atoms with Crippen LogP contribution in [0.2, 0.25) is 0 Å². The van der Waals surface area contributed by atoms with Crippen molar-refractivity contribution in [1.82, 2.24) is 14.8 Å². The number of esters is 1. The summed E-state index contributed by atoms with van der Waals surface area (Å²) in [7, 11) is 0. The molecule has 2 atom stereocenters. The number of ether oxygens (including phenoxy) is 4. The molecule has 2 aromatic heterocycles. The third kappa shape index (κ3) is 5.48. The second-order valence-electron chi connectivity index (χ2n) is 8.80. The lowest BCUT2D eigenvalue weighted by Crippen LogP contribution is -2.32. The molecule has 4 heterocycles. The first-order valence-electron chi connectivity index (χ1n) is 12.4. The zero-order chi connectivity index (χ0) is 24.0. The van der Waals surface area contributed by atoms with Gasteiger partial charge in [0.05, 0.1) is 30.8 Å². The topological polar surface area (TPSA) is 84.7 Å². The molecule has 1 saturated heterocycles. The van der Waals surface area contributed by atoms with E-state index in [2.05, 4.69) is 16.1 Å². The molecular weight excluding hydrogens is 446 g/mol. The van der Waals surface area contributed by atoms with E-state index in [-0.39, 0.29) is 12.2 Å². The SMILES string of the molecule is CCOC(=O)C1CCc2cc(CCOc3ccc(-c4ccnn4C4CCCCO4)nc3)ccc2O1. The first-order valence-corrected chi connectivity index (χ1v) is 12.4. The van der Waals surface area contributed by atoms with Crippen LogP contribution in [0.25, 0.3) is 11.4 Å². The van der Waals surface area contributed by atoms with Crippen molar-refractivity contribution < 1.29 is 23.7 Å². The maximum absolute atomic E-state index is 11.9. The van der Waals surface area contributed by atoms with Crippen molar-refractivity contribution in [3.05, 3.63) is 59.9 Å². The van der Waals surface area contributed by atoms with Crippen molar-refractivity contribution in [2.24, 2.45) is 0 Å². The standard InChI is InChI=1S/C27H31N3O5/c1-2-32-27(31)25-11-7-20-17-19(6-10-24(20)35-25)13-16-33-21-8-9-22(28-18-21)23-12-14-29-30(23)26-5-3-4-15-34-26/h6,8-10,12,14,17-18,25-26H,2-5,7,11,13,15-16H2,1H3. The van der Waals surface area contributed by atoms with Crippen LogP contribution >= 0.6 is 0 Å². The first kappa shape index (κ1) is 23.4. The maximum atomic E-state index is 11.9. The number of aromatic nitrogens is 3. The second kappa shape index (κ2) is 10.9. The van der Waals surface area contributed by atoms with Gasteiger partial charge in [-0.2, -0.15) is 5.10 Å². The van der Waals surface area contributed by atoms with Crippen LogP contribution in [-0.4, -0.2) is 46.7 Å². The number of rotatable bonds is 8. The number of carbonyl (C=O) groups excluding carboxylic acids is 1. The predicted molar refractivity (Wildman–Crippen MR) is 129 cm³/mol. The van der Waals surface area contributed by atoms with E-state index in [0.717, 1.165) is 67.2 Å². The number of carbonyl (C=O) groups is 1. The largest absolute Gasteiger partial charge is 0.492 e.